The molecule has 17 heavy (non-hydrogen) atoms. The van der Waals surface area contributed by atoms with E-state index in [0.717, 1.165) is 18.5 Å². The second-order valence-corrected chi connectivity index (χ2v) is 4.61. The lowest BCUT2D eigenvalue weighted by atomic mass is 9.98. The lowest BCUT2D eigenvalue weighted by molar-refractivity contribution is -0.118. The predicted octanol–water partition coefficient (Wildman–Crippen LogP) is 1.71. The number of nitrogens with zero attached hydrogens (tertiary/aromatic N) is 1. The highest BCUT2D eigenvalue weighted by Gasteiger charge is 2.23. The first-order valence-electron chi connectivity index (χ1n) is 5.94. The number of carbonyl (C=O) groups excluding carboxylic acids is 1. The second-order valence-electron chi connectivity index (χ2n) is 4.24. The van der Waals surface area contributed by atoms with E-state index < -0.39 is 0 Å². The third-order valence-corrected chi connectivity index (χ3v) is 3.25. The van der Waals surface area contributed by atoms with Crippen molar-refractivity contribution in [2.75, 3.05) is 23.9 Å². The maximum absolute atomic E-state index is 11.8. The average Bonchev–Trinajstić information content (AvgIpc) is 2.33. The predicted molar refractivity (Wildman–Crippen MR) is 70.6 cm³/mol. The summed E-state index contributed by atoms with van der Waals surface area (Å²) in [6.07, 6.45) is 2.29. The number of halogens is 1. The smallest absolute Gasteiger partial charge is 0.227 e. The van der Waals surface area contributed by atoms with Gasteiger partial charge in [0.2, 0.25) is 5.91 Å². The molecule has 0 atom stereocenters. The minimum absolute atomic E-state index is 0.171. The third kappa shape index (κ3) is 2.61. The molecule has 0 radical (unpaired) electrons. The highest BCUT2D eigenvalue weighted by Crippen LogP contribution is 2.28. The van der Waals surface area contributed by atoms with Crippen molar-refractivity contribution in [1.82, 2.24) is 0 Å². The number of benzene rings is 1. The Hall–Kier alpha value is -1.06. The summed E-state index contributed by atoms with van der Waals surface area (Å²) in [6, 6.07) is 6.23. The van der Waals surface area contributed by atoms with E-state index in [2.05, 4.69) is 6.07 Å². The first-order chi connectivity index (χ1) is 8.26. The molecule has 2 rings (SSSR count). The van der Waals surface area contributed by atoms with Gasteiger partial charge < -0.3 is 10.6 Å². The molecule has 0 fully saturated rings. The topological polar surface area (TPSA) is 46.3 Å². The van der Waals surface area contributed by atoms with E-state index in [0.29, 0.717) is 25.4 Å². The highest BCUT2D eigenvalue weighted by molar-refractivity contribution is 6.18. The van der Waals surface area contributed by atoms with Crippen LogP contribution in [0.25, 0.3) is 0 Å². The summed E-state index contributed by atoms with van der Waals surface area (Å²) in [6.45, 7) is 1.24. The molecule has 92 valence electrons. The molecular weight excluding hydrogens is 236 g/mol. The van der Waals surface area contributed by atoms with Crippen LogP contribution in [0.3, 0.4) is 0 Å². The number of carbonyl (C=O) groups is 1. The van der Waals surface area contributed by atoms with Crippen molar-refractivity contribution in [1.29, 1.82) is 0 Å². The standard InChI is InChI=1S/C13H17ClN2O/c14-6-8-16-12-3-1-10(5-7-15)9-11(12)2-4-13(16)17/h1,3,9H,2,4-8,15H2. The number of hydrogen-bond donors (Lipinski definition) is 1. The van der Waals surface area contributed by atoms with Gasteiger partial charge in [-0.25, -0.2) is 0 Å². The molecule has 0 spiro atoms. The van der Waals surface area contributed by atoms with Gasteiger partial charge in [0.15, 0.2) is 0 Å². The molecule has 2 N–H and O–H groups in total. The summed E-state index contributed by atoms with van der Waals surface area (Å²) in [4.78, 5) is 13.6. The SMILES string of the molecule is NCCc1ccc2c(c1)CCC(=O)N2CCCl. The van der Waals surface area contributed by atoms with Crippen LogP contribution in [0.5, 0.6) is 0 Å². The third-order valence-electron chi connectivity index (χ3n) is 3.09. The van der Waals surface area contributed by atoms with Gasteiger partial charge in [-0.05, 0) is 36.6 Å². The molecule has 1 heterocycles. The van der Waals surface area contributed by atoms with Gasteiger partial charge in [-0.3, -0.25) is 4.79 Å². The van der Waals surface area contributed by atoms with Crippen LogP contribution in [0.4, 0.5) is 5.69 Å². The van der Waals surface area contributed by atoms with Crippen LogP contribution in [0, 0.1) is 0 Å². The first kappa shape index (κ1) is 12.4. The number of rotatable bonds is 4. The van der Waals surface area contributed by atoms with Crippen LogP contribution in [0.2, 0.25) is 0 Å². The molecule has 1 aliphatic rings. The fraction of sp³-hybridized carbons (Fsp3) is 0.462. The van der Waals surface area contributed by atoms with Crippen molar-refractivity contribution >= 4 is 23.2 Å². The lowest BCUT2D eigenvalue weighted by Crippen LogP contribution is -2.36. The molecule has 4 heteroatoms. The first-order valence-corrected chi connectivity index (χ1v) is 6.48. The maximum Gasteiger partial charge on any atom is 0.227 e. The van der Waals surface area contributed by atoms with Gasteiger partial charge in [-0.2, -0.15) is 0 Å². The number of nitrogens with two attached hydrogens (primary N) is 1. The Balaban J connectivity index is 2.30. The molecule has 0 saturated heterocycles. The van der Waals surface area contributed by atoms with Gasteiger partial charge in [-0.15, -0.1) is 11.6 Å². The monoisotopic (exact) mass is 252 g/mol. The summed E-state index contributed by atoms with van der Waals surface area (Å²) in [7, 11) is 0. The molecule has 0 unspecified atom stereocenters. The molecular formula is C13H17ClN2O. The number of fused-ring (bicyclic) bond motifs is 1. The van der Waals surface area contributed by atoms with E-state index in [1.54, 1.807) is 4.90 Å². The fourth-order valence-corrected chi connectivity index (χ4v) is 2.43. The molecule has 1 amide bonds. The molecule has 1 aliphatic heterocycles. The summed E-state index contributed by atoms with van der Waals surface area (Å²) in [5, 5.41) is 0. The molecule has 0 aliphatic carbocycles. The Morgan fingerprint density at radius 3 is 2.88 bits per heavy atom. The van der Waals surface area contributed by atoms with Crippen LogP contribution in [-0.4, -0.2) is 24.9 Å². The van der Waals surface area contributed by atoms with Crippen molar-refractivity contribution in [3.8, 4) is 0 Å². The molecule has 1 aromatic carbocycles. The van der Waals surface area contributed by atoms with Gasteiger partial charge in [0.05, 0.1) is 0 Å². The zero-order chi connectivity index (χ0) is 12.3. The molecule has 3 nitrogen and oxygen atoms in total. The van der Waals surface area contributed by atoms with E-state index in [1.807, 2.05) is 12.1 Å². The van der Waals surface area contributed by atoms with Gasteiger partial charge in [0, 0.05) is 24.5 Å². The Bertz CT molecular complexity index is 420. The van der Waals surface area contributed by atoms with E-state index in [4.69, 9.17) is 17.3 Å². The number of amides is 1. The van der Waals surface area contributed by atoms with Gasteiger partial charge >= 0.3 is 0 Å². The van der Waals surface area contributed by atoms with Gasteiger partial charge in [0.25, 0.3) is 0 Å². The van der Waals surface area contributed by atoms with E-state index >= 15 is 0 Å². The Morgan fingerprint density at radius 2 is 2.18 bits per heavy atom. The van der Waals surface area contributed by atoms with Crippen LogP contribution >= 0.6 is 11.6 Å². The minimum Gasteiger partial charge on any atom is -0.330 e. The summed E-state index contributed by atoms with van der Waals surface area (Å²) in [5.74, 6) is 0.639. The number of anilines is 1. The lowest BCUT2D eigenvalue weighted by Gasteiger charge is -2.29. The maximum atomic E-state index is 11.8. The van der Waals surface area contributed by atoms with E-state index in [9.17, 15) is 4.79 Å². The van der Waals surface area contributed by atoms with Crippen LogP contribution < -0.4 is 10.6 Å². The number of alkyl halides is 1. The Labute approximate surface area is 107 Å². The second kappa shape index (κ2) is 5.52. The molecule has 0 aromatic heterocycles. The minimum atomic E-state index is 0.171. The summed E-state index contributed by atoms with van der Waals surface area (Å²) >= 11 is 5.74. The zero-order valence-corrected chi connectivity index (χ0v) is 10.5. The largest absolute Gasteiger partial charge is 0.330 e. The van der Waals surface area contributed by atoms with Crippen molar-refractivity contribution in [3.63, 3.8) is 0 Å². The molecule has 1 aromatic rings. The van der Waals surface area contributed by atoms with Crippen LogP contribution in [0.15, 0.2) is 18.2 Å². The van der Waals surface area contributed by atoms with E-state index in [1.165, 1.54) is 11.1 Å². The van der Waals surface area contributed by atoms with Crippen LogP contribution in [-0.2, 0) is 17.6 Å². The van der Waals surface area contributed by atoms with E-state index in [-0.39, 0.29) is 5.91 Å². The number of aryl methyl sites for hydroxylation is 1. The zero-order valence-electron chi connectivity index (χ0n) is 9.79. The Kier molecular flexibility index (Phi) is 4.02. The van der Waals surface area contributed by atoms with Crippen molar-refractivity contribution in [2.24, 2.45) is 5.73 Å². The van der Waals surface area contributed by atoms with Crippen molar-refractivity contribution in [3.05, 3.63) is 29.3 Å². The van der Waals surface area contributed by atoms with Crippen molar-refractivity contribution in [2.45, 2.75) is 19.3 Å². The van der Waals surface area contributed by atoms with Gasteiger partial charge in [-0.1, -0.05) is 12.1 Å². The number of hydrogen-bond acceptors (Lipinski definition) is 2. The quantitative estimate of drug-likeness (QED) is 0.830. The normalized spacial score (nSPS) is 14.9. The van der Waals surface area contributed by atoms with Crippen LogP contribution in [0.1, 0.15) is 17.5 Å². The summed E-state index contributed by atoms with van der Waals surface area (Å²) < 4.78 is 0. The Morgan fingerprint density at radius 1 is 1.35 bits per heavy atom. The summed E-state index contributed by atoms with van der Waals surface area (Å²) in [5.41, 5.74) is 9.05. The molecule has 0 bridgehead atoms. The highest BCUT2D eigenvalue weighted by atomic mass is 35.5. The van der Waals surface area contributed by atoms with Gasteiger partial charge in [0.1, 0.15) is 0 Å². The fourth-order valence-electron chi connectivity index (χ4n) is 2.27. The molecule has 0 saturated carbocycles. The average molecular weight is 253 g/mol. The van der Waals surface area contributed by atoms with Crippen molar-refractivity contribution < 1.29 is 4.79 Å².